The summed E-state index contributed by atoms with van der Waals surface area (Å²) < 4.78 is 1.80. The second kappa shape index (κ2) is 3.57. The van der Waals surface area contributed by atoms with E-state index in [0.717, 1.165) is 12.3 Å². The van der Waals surface area contributed by atoms with Crippen molar-refractivity contribution in [2.24, 2.45) is 11.8 Å². The standard InChI is InChI=1S/C12H13ClN4O/c13-10-9-11(15-5-14-10)17(12(18)16-9)8-4-6-1-2-7(8)3-6/h5-8H,1-4H2,(H,16,18)/t6-,7+,8+/m0/s1. The van der Waals surface area contributed by atoms with Crippen LogP contribution in [-0.2, 0) is 0 Å². The van der Waals surface area contributed by atoms with Crippen LogP contribution in [-0.4, -0.2) is 19.5 Å². The molecule has 18 heavy (non-hydrogen) atoms. The Morgan fingerprint density at radius 3 is 2.94 bits per heavy atom. The molecule has 0 radical (unpaired) electrons. The minimum atomic E-state index is -0.107. The van der Waals surface area contributed by atoms with Crippen molar-refractivity contribution in [1.29, 1.82) is 0 Å². The number of imidazole rings is 1. The van der Waals surface area contributed by atoms with Crippen LogP contribution in [0.3, 0.4) is 0 Å². The first kappa shape index (κ1) is 10.6. The average molecular weight is 265 g/mol. The molecule has 2 bridgehead atoms. The average Bonchev–Trinajstić information content (AvgIpc) is 3.02. The van der Waals surface area contributed by atoms with Crippen molar-refractivity contribution in [3.05, 3.63) is 22.0 Å². The SMILES string of the molecule is O=c1[nH]c2c(Cl)ncnc2n1[C@@H]1C[C@H]2CC[C@@H]1C2. The summed E-state index contributed by atoms with van der Waals surface area (Å²) in [4.78, 5) is 23.1. The van der Waals surface area contributed by atoms with E-state index in [4.69, 9.17) is 11.6 Å². The molecule has 94 valence electrons. The van der Waals surface area contributed by atoms with Crippen molar-refractivity contribution in [1.82, 2.24) is 19.5 Å². The number of fused-ring (bicyclic) bond motifs is 3. The van der Waals surface area contributed by atoms with E-state index in [2.05, 4.69) is 15.0 Å². The molecule has 2 fully saturated rings. The van der Waals surface area contributed by atoms with Gasteiger partial charge in [-0.3, -0.25) is 4.57 Å². The third kappa shape index (κ3) is 1.31. The van der Waals surface area contributed by atoms with Crippen LogP contribution in [0.25, 0.3) is 11.2 Å². The van der Waals surface area contributed by atoms with Gasteiger partial charge in [-0.25, -0.2) is 14.8 Å². The topological polar surface area (TPSA) is 63.6 Å². The van der Waals surface area contributed by atoms with Crippen LogP contribution in [0.15, 0.2) is 11.1 Å². The van der Waals surface area contributed by atoms with Gasteiger partial charge >= 0.3 is 5.69 Å². The smallest absolute Gasteiger partial charge is 0.302 e. The molecule has 2 aromatic rings. The summed E-state index contributed by atoms with van der Waals surface area (Å²) >= 11 is 5.99. The maximum absolute atomic E-state index is 12.1. The Labute approximate surface area is 108 Å². The van der Waals surface area contributed by atoms with Crippen LogP contribution in [0.4, 0.5) is 0 Å². The zero-order chi connectivity index (χ0) is 12.3. The van der Waals surface area contributed by atoms with Gasteiger partial charge in [0.25, 0.3) is 0 Å². The molecule has 2 aromatic heterocycles. The predicted octanol–water partition coefficient (Wildman–Crippen LogP) is 2.13. The summed E-state index contributed by atoms with van der Waals surface area (Å²) in [5.74, 6) is 1.41. The van der Waals surface area contributed by atoms with Crippen molar-refractivity contribution in [3.63, 3.8) is 0 Å². The summed E-state index contributed by atoms with van der Waals surface area (Å²) in [5.41, 5.74) is 1.11. The van der Waals surface area contributed by atoms with E-state index in [1.807, 2.05) is 0 Å². The lowest BCUT2D eigenvalue weighted by atomic mass is 9.95. The molecule has 2 aliphatic rings. The molecule has 0 aliphatic heterocycles. The summed E-state index contributed by atoms with van der Waals surface area (Å²) in [7, 11) is 0. The quantitative estimate of drug-likeness (QED) is 0.803. The molecular weight excluding hydrogens is 252 g/mol. The fraction of sp³-hybridized carbons (Fsp3) is 0.583. The number of halogens is 1. The van der Waals surface area contributed by atoms with Gasteiger partial charge in [-0.05, 0) is 31.1 Å². The molecule has 5 nitrogen and oxygen atoms in total. The van der Waals surface area contributed by atoms with E-state index in [0.29, 0.717) is 22.2 Å². The lowest BCUT2D eigenvalue weighted by Crippen LogP contribution is -2.26. The molecule has 0 saturated heterocycles. The highest BCUT2D eigenvalue weighted by Crippen LogP contribution is 2.50. The first-order chi connectivity index (χ1) is 8.74. The number of hydrogen-bond acceptors (Lipinski definition) is 3. The van der Waals surface area contributed by atoms with E-state index < -0.39 is 0 Å². The van der Waals surface area contributed by atoms with E-state index in [1.165, 1.54) is 25.6 Å². The number of aromatic nitrogens is 4. The summed E-state index contributed by atoms with van der Waals surface area (Å²) in [5, 5.41) is 0.319. The first-order valence-corrected chi connectivity index (χ1v) is 6.72. The van der Waals surface area contributed by atoms with Crippen molar-refractivity contribution >= 4 is 22.8 Å². The number of nitrogens with one attached hydrogen (secondary N) is 1. The zero-order valence-electron chi connectivity index (χ0n) is 9.77. The van der Waals surface area contributed by atoms with Gasteiger partial charge in [0.05, 0.1) is 0 Å². The number of hydrogen-bond donors (Lipinski definition) is 1. The molecule has 2 aliphatic carbocycles. The minimum Gasteiger partial charge on any atom is -0.302 e. The lowest BCUT2D eigenvalue weighted by Gasteiger charge is -2.22. The van der Waals surface area contributed by atoms with E-state index in [1.54, 1.807) is 4.57 Å². The van der Waals surface area contributed by atoms with Gasteiger partial charge < -0.3 is 4.98 Å². The highest BCUT2D eigenvalue weighted by atomic mass is 35.5. The molecule has 0 aromatic carbocycles. The zero-order valence-corrected chi connectivity index (χ0v) is 10.5. The van der Waals surface area contributed by atoms with E-state index in [9.17, 15) is 4.79 Å². The molecule has 3 atom stereocenters. The van der Waals surface area contributed by atoms with Crippen molar-refractivity contribution < 1.29 is 0 Å². The molecule has 0 spiro atoms. The fourth-order valence-electron chi connectivity index (χ4n) is 3.74. The predicted molar refractivity (Wildman–Crippen MR) is 67.6 cm³/mol. The number of H-pyrrole nitrogens is 1. The van der Waals surface area contributed by atoms with Crippen molar-refractivity contribution in [2.45, 2.75) is 31.7 Å². The van der Waals surface area contributed by atoms with Gasteiger partial charge in [-0.1, -0.05) is 18.0 Å². The Morgan fingerprint density at radius 1 is 1.33 bits per heavy atom. The number of nitrogens with zero attached hydrogens (tertiary/aromatic N) is 3. The van der Waals surface area contributed by atoms with Crippen LogP contribution >= 0.6 is 11.6 Å². The Hall–Kier alpha value is -1.36. The van der Waals surface area contributed by atoms with Crippen LogP contribution < -0.4 is 5.69 Å². The molecular formula is C12H13ClN4O. The second-order valence-corrected chi connectivity index (χ2v) is 5.76. The summed E-state index contributed by atoms with van der Waals surface area (Å²) in [6.07, 6.45) is 6.31. The fourth-order valence-corrected chi connectivity index (χ4v) is 3.92. The summed E-state index contributed by atoms with van der Waals surface area (Å²) in [6.45, 7) is 0. The van der Waals surface area contributed by atoms with Crippen molar-refractivity contribution in [3.8, 4) is 0 Å². The van der Waals surface area contributed by atoms with Crippen LogP contribution in [0, 0.1) is 11.8 Å². The van der Waals surface area contributed by atoms with Gasteiger partial charge in [0.1, 0.15) is 11.8 Å². The maximum atomic E-state index is 12.1. The van der Waals surface area contributed by atoms with Crippen molar-refractivity contribution in [2.75, 3.05) is 0 Å². The molecule has 1 N–H and O–H groups in total. The highest BCUT2D eigenvalue weighted by Gasteiger charge is 2.41. The Balaban J connectivity index is 1.92. The maximum Gasteiger partial charge on any atom is 0.328 e. The Bertz CT molecular complexity index is 676. The molecule has 4 rings (SSSR count). The summed E-state index contributed by atoms with van der Waals surface area (Å²) in [6, 6.07) is 0.288. The van der Waals surface area contributed by atoms with Crippen LogP contribution in [0.5, 0.6) is 0 Å². The van der Waals surface area contributed by atoms with Gasteiger partial charge in [0.2, 0.25) is 0 Å². The monoisotopic (exact) mass is 264 g/mol. The normalized spacial score (nSPS) is 30.4. The largest absolute Gasteiger partial charge is 0.328 e. The highest BCUT2D eigenvalue weighted by molar-refractivity contribution is 6.33. The van der Waals surface area contributed by atoms with Crippen LogP contribution in [0.1, 0.15) is 31.7 Å². The number of rotatable bonds is 1. The number of aromatic amines is 1. The van der Waals surface area contributed by atoms with Gasteiger partial charge in [-0.2, -0.15) is 0 Å². The van der Waals surface area contributed by atoms with Gasteiger partial charge in [0.15, 0.2) is 10.8 Å². The molecule has 0 unspecified atom stereocenters. The molecule has 0 amide bonds. The third-order valence-electron chi connectivity index (χ3n) is 4.49. The van der Waals surface area contributed by atoms with E-state index >= 15 is 0 Å². The third-order valence-corrected chi connectivity index (χ3v) is 4.78. The first-order valence-electron chi connectivity index (χ1n) is 6.34. The molecule has 2 saturated carbocycles. The van der Waals surface area contributed by atoms with Crippen LogP contribution in [0.2, 0.25) is 5.15 Å². The van der Waals surface area contributed by atoms with Gasteiger partial charge in [-0.15, -0.1) is 0 Å². The lowest BCUT2D eigenvalue weighted by molar-refractivity contribution is 0.329. The Morgan fingerprint density at radius 2 is 2.22 bits per heavy atom. The second-order valence-electron chi connectivity index (χ2n) is 5.41. The molecule has 6 heteroatoms. The van der Waals surface area contributed by atoms with E-state index in [-0.39, 0.29) is 11.7 Å². The Kier molecular flexibility index (Phi) is 2.09. The minimum absolute atomic E-state index is 0.107. The molecule has 2 heterocycles. The van der Waals surface area contributed by atoms with Gasteiger partial charge in [0, 0.05) is 6.04 Å².